The molecule has 0 fully saturated rings. The predicted molar refractivity (Wildman–Crippen MR) is 38.8 cm³/mol. The van der Waals surface area contributed by atoms with Gasteiger partial charge in [0.1, 0.15) is 6.29 Å². The first-order valence-electron chi connectivity index (χ1n) is 3.29. The van der Waals surface area contributed by atoms with Gasteiger partial charge in [-0.15, -0.1) is 0 Å². The summed E-state index contributed by atoms with van der Waals surface area (Å²) in [4.78, 5) is 20.6. The molecule has 0 spiro atoms. The van der Waals surface area contributed by atoms with Gasteiger partial charge in [-0.3, -0.25) is 5.43 Å². The summed E-state index contributed by atoms with van der Waals surface area (Å²) in [5.74, 6) is 0. The first-order valence-corrected chi connectivity index (χ1v) is 3.29. The Morgan fingerprint density at radius 3 is 2.73 bits per heavy atom. The van der Waals surface area contributed by atoms with Gasteiger partial charge >= 0.3 is 6.09 Å². The number of methoxy groups -OCH3 is 1. The number of aldehydes is 1. The molecule has 5 heteroatoms. The molecular formula is C6H12N2O3. The number of carbonyl (C=O) groups is 2. The molecular weight excluding hydrogens is 148 g/mol. The van der Waals surface area contributed by atoms with Crippen molar-refractivity contribution in [1.82, 2.24) is 10.9 Å². The topological polar surface area (TPSA) is 67.4 Å². The number of hydrazine groups is 1. The Bertz CT molecular complexity index is 138. The lowest BCUT2D eigenvalue weighted by atomic mass is 10.3. The summed E-state index contributed by atoms with van der Waals surface area (Å²) in [7, 11) is 1.25. The van der Waals surface area contributed by atoms with E-state index in [2.05, 4.69) is 15.6 Å². The number of ether oxygens (including phenoxy) is 1. The third kappa shape index (κ3) is 4.32. The van der Waals surface area contributed by atoms with Crippen molar-refractivity contribution in [2.75, 3.05) is 7.11 Å². The zero-order valence-corrected chi connectivity index (χ0v) is 6.59. The van der Waals surface area contributed by atoms with Crippen LogP contribution in [0, 0.1) is 0 Å². The summed E-state index contributed by atoms with van der Waals surface area (Å²) >= 11 is 0. The predicted octanol–water partition coefficient (Wildman–Crippen LogP) is -0.176. The van der Waals surface area contributed by atoms with Crippen LogP contribution < -0.4 is 10.9 Å². The molecule has 1 atom stereocenters. The molecule has 2 N–H and O–H groups in total. The van der Waals surface area contributed by atoms with Crippen LogP contribution in [0.15, 0.2) is 0 Å². The van der Waals surface area contributed by atoms with Gasteiger partial charge in [0.25, 0.3) is 0 Å². The molecule has 11 heavy (non-hydrogen) atoms. The lowest BCUT2D eigenvalue weighted by molar-refractivity contribution is -0.109. The van der Waals surface area contributed by atoms with Crippen molar-refractivity contribution in [3.05, 3.63) is 0 Å². The third-order valence-corrected chi connectivity index (χ3v) is 1.15. The van der Waals surface area contributed by atoms with Crippen LogP contribution in [0.1, 0.15) is 13.3 Å². The normalized spacial score (nSPS) is 11.8. The Kier molecular flexibility index (Phi) is 5.10. The average Bonchev–Trinajstić information content (AvgIpc) is 2.06. The molecule has 0 bridgehead atoms. The van der Waals surface area contributed by atoms with Crippen molar-refractivity contribution in [1.29, 1.82) is 0 Å². The van der Waals surface area contributed by atoms with Crippen LogP contribution in [0.3, 0.4) is 0 Å². The summed E-state index contributed by atoms with van der Waals surface area (Å²) in [6.45, 7) is 1.82. The first kappa shape index (κ1) is 9.90. The van der Waals surface area contributed by atoms with Gasteiger partial charge in [0.15, 0.2) is 0 Å². The molecule has 1 amide bonds. The minimum atomic E-state index is -0.606. The summed E-state index contributed by atoms with van der Waals surface area (Å²) in [6, 6.07) is -0.353. The second-order valence-electron chi connectivity index (χ2n) is 1.91. The van der Waals surface area contributed by atoms with Gasteiger partial charge < -0.3 is 9.53 Å². The van der Waals surface area contributed by atoms with Gasteiger partial charge in [-0.1, -0.05) is 6.92 Å². The molecule has 64 valence electrons. The number of hydrogen-bond donors (Lipinski definition) is 2. The highest BCUT2D eigenvalue weighted by molar-refractivity contribution is 5.67. The van der Waals surface area contributed by atoms with E-state index in [1.165, 1.54) is 7.11 Å². The molecule has 0 aromatic carbocycles. The van der Waals surface area contributed by atoms with E-state index in [0.29, 0.717) is 6.42 Å². The number of nitrogens with one attached hydrogen (secondary N) is 2. The van der Waals surface area contributed by atoms with Gasteiger partial charge in [0.2, 0.25) is 0 Å². The molecule has 0 aliphatic rings. The molecule has 0 aliphatic heterocycles. The highest BCUT2D eigenvalue weighted by Gasteiger charge is 2.04. The van der Waals surface area contributed by atoms with Crippen molar-refractivity contribution >= 4 is 12.4 Å². The molecule has 0 saturated heterocycles. The van der Waals surface area contributed by atoms with E-state index in [1.807, 2.05) is 6.92 Å². The van der Waals surface area contributed by atoms with Gasteiger partial charge in [0.05, 0.1) is 13.2 Å². The first-order chi connectivity index (χ1) is 5.24. The minimum Gasteiger partial charge on any atom is -0.452 e. The Balaban J connectivity index is 3.50. The maximum absolute atomic E-state index is 10.4. The van der Waals surface area contributed by atoms with Crippen molar-refractivity contribution in [2.45, 2.75) is 19.4 Å². The number of hydrogen-bond acceptors (Lipinski definition) is 4. The molecule has 0 radical (unpaired) electrons. The molecule has 0 aromatic rings. The van der Waals surface area contributed by atoms with Crippen LogP contribution in [-0.2, 0) is 9.53 Å². The summed E-state index contributed by atoms with van der Waals surface area (Å²) in [5.41, 5.74) is 4.67. The van der Waals surface area contributed by atoms with E-state index in [1.54, 1.807) is 0 Å². The maximum atomic E-state index is 10.4. The number of amides is 1. The quantitative estimate of drug-likeness (QED) is 0.442. The molecule has 0 heterocycles. The fourth-order valence-corrected chi connectivity index (χ4v) is 0.435. The van der Waals surface area contributed by atoms with Gasteiger partial charge in [0, 0.05) is 0 Å². The Hall–Kier alpha value is -1.10. The molecule has 0 saturated carbocycles. The number of carbonyl (C=O) groups excluding carboxylic acids is 2. The smallest absolute Gasteiger partial charge is 0.421 e. The van der Waals surface area contributed by atoms with Crippen molar-refractivity contribution < 1.29 is 14.3 Å². The Morgan fingerprint density at radius 2 is 2.36 bits per heavy atom. The summed E-state index contributed by atoms with van der Waals surface area (Å²) in [5, 5.41) is 0. The van der Waals surface area contributed by atoms with Crippen LogP contribution in [0.5, 0.6) is 0 Å². The van der Waals surface area contributed by atoms with E-state index >= 15 is 0 Å². The monoisotopic (exact) mass is 160 g/mol. The summed E-state index contributed by atoms with van der Waals surface area (Å²) in [6.07, 6.45) is 0.731. The Morgan fingerprint density at radius 1 is 1.73 bits per heavy atom. The van der Waals surface area contributed by atoms with Crippen molar-refractivity contribution in [3.63, 3.8) is 0 Å². The average molecular weight is 160 g/mol. The van der Waals surface area contributed by atoms with Crippen LogP contribution in [-0.4, -0.2) is 25.5 Å². The highest BCUT2D eigenvalue weighted by Crippen LogP contribution is 1.82. The van der Waals surface area contributed by atoms with E-state index in [-0.39, 0.29) is 6.04 Å². The molecule has 0 rings (SSSR count). The lowest BCUT2D eigenvalue weighted by Gasteiger charge is -2.09. The number of rotatable bonds is 4. The third-order valence-electron chi connectivity index (χ3n) is 1.15. The molecule has 1 unspecified atom stereocenters. The van der Waals surface area contributed by atoms with Crippen molar-refractivity contribution in [3.8, 4) is 0 Å². The summed E-state index contributed by atoms with van der Waals surface area (Å²) < 4.78 is 4.26. The van der Waals surface area contributed by atoms with Gasteiger partial charge in [-0.25, -0.2) is 10.2 Å². The SMILES string of the molecule is CCC(C=O)NNC(=O)OC. The van der Waals surface area contributed by atoms with Crippen molar-refractivity contribution in [2.24, 2.45) is 0 Å². The van der Waals surface area contributed by atoms with Crippen LogP contribution in [0.25, 0.3) is 0 Å². The Labute approximate surface area is 65.1 Å². The zero-order valence-electron chi connectivity index (χ0n) is 6.59. The molecule has 0 aliphatic carbocycles. The van der Waals surface area contributed by atoms with E-state index in [0.717, 1.165) is 6.29 Å². The molecule has 5 nitrogen and oxygen atoms in total. The standard InChI is InChI=1S/C6H12N2O3/c1-3-5(4-9)7-8-6(10)11-2/h4-5,7H,3H2,1-2H3,(H,8,10). The zero-order chi connectivity index (χ0) is 8.69. The fourth-order valence-electron chi connectivity index (χ4n) is 0.435. The fraction of sp³-hybridized carbons (Fsp3) is 0.667. The minimum absolute atomic E-state index is 0.353. The van der Waals surface area contributed by atoms with E-state index in [4.69, 9.17) is 0 Å². The second kappa shape index (κ2) is 5.67. The van der Waals surface area contributed by atoms with Gasteiger partial charge in [-0.05, 0) is 6.42 Å². The van der Waals surface area contributed by atoms with Crippen LogP contribution in [0.2, 0.25) is 0 Å². The second-order valence-corrected chi connectivity index (χ2v) is 1.91. The lowest BCUT2D eigenvalue weighted by Crippen LogP contribution is -2.44. The van der Waals surface area contributed by atoms with E-state index in [9.17, 15) is 9.59 Å². The maximum Gasteiger partial charge on any atom is 0.421 e. The van der Waals surface area contributed by atoms with Crippen LogP contribution in [0.4, 0.5) is 4.79 Å². The van der Waals surface area contributed by atoms with E-state index < -0.39 is 6.09 Å². The molecule has 0 aromatic heterocycles. The largest absolute Gasteiger partial charge is 0.452 e. The highest BCUT2D eigenvalue weighted by atomic mass is 16.5. The van der Waals surface area contributed by atoms with Gasteiger partial charge in [-0.2, -0.15) is 0 Å². The van der Waals surface area contributed by atoms with Crippen LogP contribution >= 0.6 is 0 Å².